The molecule has 2 saturated heterocycles. The van der Waals surface area contributed by atoms with Gasteiger partial charge in [-0.05, 0) is 37.1 Å². The Balaban J connectivity index is 1.34. The lowest BCUT2D eigenvalue weighted by Gasteiger charge is -2.48. The third kappa shape index (κ3) is 5.06. The van der Waals surface area contributed by atoms with Crippen LogP contribution in [0.2, 0.25) is 0 Å². The SMILES string of the molecule is CCc1cnc(Nc2ccc(C#N)cc2F)c(C)c1OC1CC2COCC(C1)N2Cc1ccccc1. The van der Waals surface area contributed by atoms with Crippen molar-refractivity contribution in [3.8, 4) is 11.8 Å². The van der Waals surface area contributed by atoms with Gasteiger partial charge in [-0.2, -0.15) is 5.26 Å². The van der Waals surface area contributed by atoms with Crippen molar-refractivity contribution in [3.63, 3.8) is 0 Å². The van der Waals surface area contributed by atoms with Crippen LogP contribution in [-0.2, 0) is 17.7 Å². The summed E-state index contributed by atoms with van der Waals surface area (Å²) in [6.07, 6.45) is 4.45. The molecule has 2 aliphatic rings. The number of ether oxygens (including phenoxy) is 2. The Bertz CT molecular complexity index is 1250. The van der Waals surface area contributed by atoms with E-state index in [2.05, 4.69) is 52.5 Å². The molecule has 0 spiro atoms. The maximum absolute atomic E-state index is 14.5. The molecule has 2 atom stereocenters. The summed E-state index contributed by atoms with van der Waals surface area (Å²) in [6, 6.07) is 17.5. The number of fused-ring (bicyclic) bond motifs is 2. The maximum atomic E-state index is 14.5. The van der Waals surface area contributed by atoms with Crippen LogP contribution in [0.5, 0.6) is 5.75 Å². The fourth-order valence-electron chi connectivity index (χ4n) is 5.26. The monoisotopic (exact) mass is 486 g/mol. The zero-order valence-electron chi connectivity index (χ0n) is 20.7. The molecule has 0 aliphatic carbocycles. The third-order valence-electron chi connectivity index (χ3n) is 7.19. The van der Waals surface area contributed by atoms with Gasteiger partial charge < -0.3 is 14.8 Å². The first-order valence-electron chi connectivity index (χ1n) is 12.5. The van der Waals surface area contributed by atoms with E-state index in [0.29, 0.717) is 31.1 Å². The van der Waals surface area contributed by atoms with Crippen LogP contribution in [-0.4, -0.2) is 41.3 Å². The zero-order chi connectivity index (χ0) is 25.1. The Morgan fingerprint density at radius 3 is 2.58 bits per heavy atom. The van der Waals surface area contributed by atoms with Crippen LogP contribution in [0.3, 0.4) is 0 Å². The van der Waals surface area contributed by atoms with Crippen molar-refractivity contribution in [2.24, 2.45) is 0 Å². The summed E-state index contributed by atoms with van der Waals surface area (Å²) in [4.78, 5) is 7.12. The van der Waals surface area contributed by atoms with Crippen LogP contribution >= 0.6 is 0 Å². The fourth-order valence-corrected chi connectivity index (χ4v) is 5.26. The van der Waals surface area contributed by atoms with Gasteiger partial charge in [0, 0.05) is 48.8 Å². The number of aromatic nitrogens is 1. The molecule has 5 rings (SSSR count). The first-order chi connectivity index (χ1) is 17.6. The van der Waals surface area contributed by atoms with Gasteiger partial charge in [-0.15, -0.1) is 0 Å². The maximum Gasteiger partial charge on any atom is 0.147 e. The summed E-state index contributed by atoms with van der Waals surface area (Å²) < 4.78 is 27.1. The summed E-state index contributed by atoms with van der Waals surface area (Å²) in [7, 11) is 0. The van der Waals surface area contributed by atoms with Crippen molar-refractivity contribution in [2.75, 3.05) is 18.5 Å². The number of morpholine rings is 1. The van der Waals surface area contributed by atoms with Gasteiger partial charge in [-0.3, -0.25) is 4.90 Å². The van der Waals surface area contributed by atoms with Gasteiger partial charge in [0.2, 0.25) is 0 Å². The molecule has 1 aromatic heterocycles. The van der Waals surface area contributed by atoms with E-state index >= 15 is 0 Å². The van der Waals surface area contributed by atoms with Gasteiger partial charge >= 0.3 is 0 Å². The van der Waals surface area contributed by atoms with Crippen LogP contribution in [0, 0.1) is 24.1 Å². The van der Waals surface area contributed by atoms with Crippen molar-refractivity contribution in [1.29, 1.82) is 5.26 Å². The Kier molecular flexibility index (Phi) is 7.17. The molecule has 3 heterocycles. The van der Waals surface area contributed by atoms with Gasteiger partial charge in [-0.25, -0.2) is 9.37 Å². The molecule has 2 fully saturated rings. The molecule has 0 radical (unpaired) electrons. The number of hydrogen-bond acceptors (Lipinski definition) is 6. The molecule has 0 amide bonds. The number of benzene rings is 2. The van der Waals surface area contributed by atoms with Crippen LogP contribution < -0.4 is 10.1 Å². The Hall–Kier alpha value is -3.47. The summed E-state index contributed by atoms with van der Waals surface area (Å²) in [5, 5.41) is 12.1. The highest BCUT2D eigenvalue weighted by Crippen LogP contribution is 2.36. The quantitative estimate of drug-likeness (QED) is 0.474. The molecule has 2 aliphatic heterocycles. The molecule has 2 aromatic carbocycles. The van der Waals surface area contributed by atoms with E-state index in [4.69, 9.17) is 14.7 Å². The standard InChI is InChI=1S/C29H31FN4O2/c1-3-22-15-32-29(33-27-10-9-21(14-31)11-26(27)30)19(2)28(22)36-25-12-23-17-35-18-24(13-25)34(23)16-20-7-5-4-6-8-20/h4-11,15,23-25H,3,12-13,16-18H2,1-2H3,(H,32,33). The Labute approximate surface area is 211 Å². The van der Waals surface area contributed by atoms with Gasteiger partial charge in [-0.1, -0.05) is 37.3 Å². The fraction of sp³-hybridized carbons (Fsp3) is 0.379. The van der Waals surface area contributed by atoms with E-state index in [1.165, 1.54) is 11.6 Å². The van der Waals surface area contributed by atoms with Gasteiger partial charge in [0.1, 0.15) is 23.5 Å². The molecule has 2 unspecified atom stereocenters. The average molecular weight is 487 g/mol. The lowest BCUT2D eigenvalue weighted by atomic mass is 9.91. The van der Waals surface area contributed by atoms with Crippen molar-refractivity contribution >= 4 is 11.5 Å². The summed E-state index contributed by atoms with van der Waals surface area (Å²) >= 11 is 0. The number of rotatable bonds is 7. The second-order valence-electron chi connectivity index (χ2n) is 9.59. The first kappa shape index (κ1) is 24.2. The predicted molar refractivity (Wildman–Crippen MR) is 137 cm³/mol. The lowest BCUT2D eigenvalue weighted by molar-refractivity contribution is -0.104. The number of nitriles is 1. The molecule has 0 saturated carbocycles. The number of piperidine rings is 1. The summed E-state index contributed by atoms with van der Waals surface area (Å²) in [5.41, 5.74) is 3.76. The van der Waals surface area contributed by atoms with E-state index in [1.807, 2.05) is 13.0 Å². The summed E-state index contributed by atoms with van der Waals surface area (Å²) in [5.74, 6) is 0.885. The van der Waals surface area contributed by atoms with Gasteiger partial charge in [0.15, 0.2) is 0 Å². The van der Waals surface area contributed by atoms with E-state index in [1.54, 1.807) is 18.3 Å². The molecule has 2 bridgehead atoms. The second-order valence-corrected chi connectivity index (χ2v) is 9.59. The van der Waals surface area contributed by atoms with Crippen LogP contribution in [0.1, 0.15) is 42.0 Å². The summed E-state index contributed by atoms with van der Waals surface area (Å²) in [6.45, 7) is 6.39. The van der Waals surface area contributed by atoms with Crippen molar-refractivity contribution in [3.05, 3.63) is 82.8 Å². The van der Waals surface area contributed by atoms with Crippen molar-refractivity contribution < 1.29 is 13.9 Å². The van der Waals surface area contributed by atoms with Gasteiger partial charge in [0.25, 0.3) is 0 Å². The largest absolute Gasteiger partial charge is 0.490 e. The molecule has 3 aromatic rings. The number of nitrogens with one attached hydrogen (secondary N) is 1. The van der Waals surface area contributed by atoms with E-state index < -0.39 is 5.82 Å². The Morgan fingerprint density at radius 1 is 1.17 bits per heavy atom. The first-order valence-corrected chi connectivity index (χ1v) is 12.5. The number of aryl methyl sites for hydroxylation is 1. The normalized spacial score (nSPS) is 21.6. The molecular weight excluding hydrogens is 455 g/mol. The minimum absolute atomic E-state index is 0.0711. The highest BCUT2D eigenvalue weighted by molar-refractivity contribution is 5.64. The van der Waals surface area contributed by atoms with Crippen LogP contribution in [0.25, 0.3) is 0 Å². The number of hydrogen-bond donors (Lipinski definition) is 1. The minimum atomic E-state index is -0.490. The second kappa shape index (κ2) is 10.7. The molecule has 6 nitrogen and oxygen atoms in total. The number of anilines is 2. The number of halogens is 1. The Morgan fingerprint density at radius 2 is 1.92 bits per heavy atom. The molecule has 1 N–H and O–H groups in total. The number of pyridine rings is 1. The van der Waals surface area contributed by atoms with Crippen molar-refractivity contribution in [2.45, 2.75) is 57.8 Å². The lowest BCUT2D eigenvalue weighted by Crippen LogP contribution is -2.58. The van der Waals surface area contributed by atoms with E-state index in [0.717, 1.165) is 42.7 Å². The highest BCUT2D eigenvalue weighted by Gasteiger charge is 2.40. The molecule has 7 heteroatoms. The van der Waals surface area contributed by atoms with Crippen molar-refractivity contribution in [1.82, 2.24) is 9.88 Å². The molecular formula is C29H31FN4O2. The highest BCUT2D eigenvalue weighted by atomic mass is 19.1. The zero-order valence-corrected chi connectivity index (χ0v) is 20.7. The minimum Gasteiger partial charge on any atom is -0.490 e. The topological polar surface area (TPSA) is 70.4 Å². The van der Waals surface area contributed by atoms with Crippen LogP contribution in [0.15, 0.2) is 54.7 Å². The predicted octanol–water partition coefficient (Wildman–Crippen LogP) is 5.52. The van der Waals surface area contributed by atoms with Crippen LogP contribution in [0.4, 0.5) is 15.9 Å². The smallest absolute Gasteiger partial charge is 0.147 e. The third-order valence-corrected chi connectivity index (χ3v) is 7.19. The number of nitrogens with zero attached hydrogens (tertiary/aromatic N) is 3. The molecule has 36 heavy (non-hydrogen) atoms. The molecule has 186 valence electrons. The average Bonchev–Trinajstić information content (AvgIpc) is 2.88. The van der Waals surface area contributed by atoms with E-state index in [9.17, 15) is 4.39 Å². The van der Waals surface area contributed by atoms with E-state index in [-0.39, 0.29) is 17.4 Å². The van der Waals surface area contributed by atoms with Gasteiger partial charge in [0.05, 0.1) is 30.5 Å².